The molecular formula is C14H14O4. The lowest BCUT2D eigenvalue weighted by atomic mass is 9.83. The molecule has 0 spiro atoms. The van der Waals surface area contributed by atoms with E-state index in [9.17, 15) is 19.8 Å². The average molecular weight is 246 g/mol. The molecule has 0 saturated carbocycles. The van der Waals surface area contributed by atoms with Crippen molar-refractivity contribution in [3.05, 3.63) is 41.0 Å². The number of hydrogen-bond acceptors (Lipinski definition) is 4. The van der Waals surface area contributed by atoms with Crippen LogP contribution in [0.1, 0.15) is 18.1 Å². The third-order valence-electron chi connectivity index (χ3n) is 3.17. The van der Waals surface area contributed by atoms with Crippen LogP contribution in [0.4, 0.5) is 0 Å². The highest BCUT2D eigenvalue weighted by molar-refractivity contribution is 6.32. The first-order chi connectivity index (χ1) is 8.43. The zero-order valence-corrected chi connectivity index (χ0v) is 10.2. The SMILES string of the molecule is CC1=C(c2ccc(C)cc2)C(=O)[C@H](O)[C@H](O)C1=O. The fraction of sp³-hybridized carbons (Fsp3) is 0.286. The Morgan fingerprint density at radius 1 is 0.889 bits per heavy atom. The number of carbonyl (C=O) groups excluding carboxylic acids is 2. The zero-order valence-electron chi connectivity index (χ0n) is 10.2. The van der Waals surface area contributed by atoms with E-state index >= 15 is 0 Å². The van der Waals surface area contributed by atoms with Crippen LogP contribution < -0.4 is 0 Å². The lowest BCUT2D eigenvalue weighted by Gasteiger charge is -2.24. The Kier molecular flexibility index (Phi) is 3.15. The van der Waals surface area contributed by atoms with E-state index in [1.54, 1.807) is 12.1 Å². The summed E-state index contributed by atoms with van der Waals surface area (Å²) in [4.78, 5) is 23.7. The molecule has 0 fully saturated rings. The number of aliphatic hydroxyl groups excluding tert-OH is 2. The highest BCUT2D eigenvalue weighted by atomic mass is 16.3. The summed E-state index contributed by atoms with van der Waals surface area (Å²) in [5.41, 5.74) is 2.01. The summed E-state index contributed by atoms with van der Waals surface area (Å²) in [5.74, 6) is -1.21. The first-order valence-corrected chi connectivity index (χ1v) is 5.66. The molecule has 1 aliphatic rings. The van der Waals surface area contributed by atoms with E-state index in [1.807, 2.05) is 19.1 Å². The second-order valence-corrected chi connectivity index (χ2v) is 4.48. The molecule has 0 amide bonds. The van der Waals surface area contributed by atoms with E-state index in [1.165, 1.54) is 6.92 Å². The van der Waals surface area contributed by atoms with Crippen molar-refractivity contribution in [2.24, 2.45) is 0 Å². The Balaban J connectivity index is 2.57. The van der Waals surface area contributed by atoms with Crippen LogP contribution in [0, 0.1) is 6.92 Å². The molecule has 2 rings (SSSR count). The van der Waals surface area contributed by atoms with Crippen LogP contribution in [0.5, 0.6) is 0 Å². The van der Waals surface area contributed by atoms with Gasteiger partial charge in [0.1, 0.15) is 6.10 Å². The molecule has 1 aromatic rings. The molecule has 0 radical (unpaired) electrons. The van der Waals surface area contributed by atoms with Crippen molar-refractivity contribution < 1.29 is 19.8 Å². The van der Waals surface area contributed by atoms with E-state index in [4.69, 9.17) is 0 Å². The van der Waals surface area contributed by atoms with Crippen molar-refractivity contribution in [1.29, 1.82) is 0 Å². The summed E-state index contributed by atoms with van der Waals surface area (Å²) in [7, 11) is 0. The predicted octanol–water partition coefficient (Wildman–Crippen LogP) is 0.642. The molecule has 0 unspecified atom stereocenters. The molecule has 0 aromatic heterocycles. The topological polar surface area (TPSA) is 74.6 Å². The molecule has 2 atom stereocenters. The van der Waals surface area contributed by atoms with Gasteiger partial charge in [0.15, 0.2) is 17.7 Å². The van der Waals surface area contributed by atoms with E-state index < -0.39 is 23.8 Å². The summed E-state index contributed by atoms with van der Waals surface area (Å²) < 4.78 is 0. The summed E-state index contributed by atoms with van der Waals surface area (Å²) in [6.07, 6.45) is -3.32. The van der Waals surface area contributed by atoms with Gasteiger partial charge in [-0.3, -0.25) is 9.59 Å². The lowest BCUT2D eigenvalue weighted by molar-refractivity contribution is -0.139. The summed E-state index contributed by atoms with van der Waals surface area (Å²) in [6.45, 7) is 3.40. The minimum atomic E-state index is -1.67. The largest absolute Gasteiger partial charge is 0.382 e. The zero-order chi connectivity index (χ0) is 13.4. The van der Waals surface area contributed by atoms with Crippen molar-refractivity contribution in [3.8, 4) is 0 Å². The number of carbonyl (C=O) groups is 2. The molecule has 2 N–H and O–H groups in total. The van der Waals surface area contributed by atoms with E-state index in [0.717, 1.165) is 5.56 Å². The second-order valence-electron chi connectivity index (χ2n) is 4.48. The van der Waals surface area contributed by atoms with Crippen LogP contribution in [-0.4, -0.2) is 34.0 Å². The maximum Gasteiger partial charge on any atom is 0.195 e. The van der Waals surface area contributed by atoms with Gasteiger partial charge in [-0.2, -0.15) is 0 Å². The minimum absolute atomic E-state index is 0.192. The Morgan fingerprint density at radius 2 is 1.39 bits per heavy atom. The maximum absolute atomic E-state index is 12.0. The van der Waals surface area contributed by atoms with Gasteiger partial charge >= 0.3 is 0 Å². The number of aliphatic hydroxyl groups is 2. The first-order valence-electron chi connectivity index (χ1n) is 5.66. The van der Waals surface area contributed by atoms with Crippen LogP contribution in [0.3, 0.4) is 0 Å². The number of benzene rings is 1. The number of ketones is 2. The third-order valence-corrected chi connectivity index (χ3v) is 3.17. The summed E-state index contributed by atoms with van der Waals surface area (Å²) >= 11 is 0. The molecule has 94 valence electrons. The van der Waals surface area contributed by atoms with Crippen LogP contribution in [0.15, 0.2) is 29.8 Å². The van der Waals surface area contributed by atoms with Crippen LogP contribution in [0.25, 0.3) is 5.57 Å². The third kappa shape index (κ3) is 1.89. The van der Waals surface area contributed by atoms with E-state index in [0.29, 0.717) is 5.56 Å². The number of hydrogen-bond donors (Lipinski definition) is 2. The van der Waals surface area contributed by atoms with Gasteiger partial charge in [0.2, 0.25) is 0 Å². The van der Waals surface area contributed by atoms with Gasteiger partial charge in [0.25, 0.3) is 0 Å². The van der Waals surface area contributed by atoms with Gasteiger partial charge in [-0.25, -0.2) is 0 Å². The van der Waals surface area contributed by atoms with Gasteiger partial charge in [-0.1, -0.05) is 29.8 Å². The molecule has 0 bridgehead atoms. The Morgan fingerprint density at radius 3 is 1.94 bits per heavy atom. The summed E-state index contributed by atoms with van der Waals surface area (Å²) in [5, 5.41) is 19.0. The highest BCUT2D eigenvalue weighted by Gasteiger charge is 2.39. The molecule has 1 aliphatic carbocycles. The fourth-order valence-electron chi connectivity index (χ4n) is 2.04. The maximum atomic E-state index is 12.0. The van der Waals surface area contributed by atoms with Gasteiger partial charge in [-0.15, -0.1) is 0 Å². The Bertz CT molecular complexity index is 539. The van der Waals surface area contributed by atoms with Gasteiger partial charge < -0.3 is 10.2 Å². The Hall–Kier alpha value is -1.78. The lowest BCUT2D eigenvalue weighted by Crippen LogP contribution is -2.45. The number of rotatable bonds is 1. The van der Waals surface area contributed by atoms with Crippen LogP contribution in [0.2, 0.25) is 0 Å². The standard InChI is InChI=1S/C14H14O4/c1-7-3-5-9(6-4-7)10-8(2)11(15)13(17)14(18)12(10)16/h3-6,13-14,17-18H,1-2H3/t13-,14+/m1/s1. The molecule has 0 aliphatic heterocycles. The molecule has 4 nitrogen and oxygen atoms in total. The minimum Gasteiger partial charge on any atom is -0.382 e. The quantitative estimate of drug-likeness (QED) is 0.762. The molecule has 4 heteroatoms. The number of aryl methyl sites for hydroxylation is 1. The average Bonchev–Trinajstić information content (AvgIpc) is 2.36. The number of Topliss-reactive ketones (excluding diaryl/α,β-unsaturated/α-hetero) is 2. The van der Waals surface area contributed by atoms with Crippen molar-refractivity contribution in [2.75, 3.05) is 0 Å². The van der Waals surface area contributed by atoms with Crippen LogP contribution in [-0.2, 0) is 9.59 Å². The predicted molar refractivity (Wildman–Crippen MR) is 65.8 cm³/mol. The Labute approximate surface area is 105 Å². The molecule has 18 heavy (non-hydrogen) atoms. The summed E-state index contributed by atoms with van der Waals surface area (Å²) in [6, 6.07) is 7.10. The highest BCUT2D eigenvalue weighted by Crippen LogP contribution is 2.28. The monoisotopic (exact) mass is 246 g/mol. The van der Waals surface area contributed by atoms with Crippen molar-refractivity contribution in [2.45, 2.75) is 26.1 Å². The molecular weight excluding hydrogens is 232 g/mol. The van der Waals surface area contributed by atoms with Gasteiger partial charge in [0.05, 0.1) is 0 Å². The van der Waals surface area contributed by atoms with E-state index in [2.05, 4.69) is 0 Å². The van der Waals surface area contributed by atoms with Crippen LogP contribution >= 0.6 is 0 Å². The molecule has 1 aromatic carbocycles. The van der Waals surface area contributed by atoms with Crippen molar-refractivity contribution >= 4 is 17.1 Å². The second kappa shape index (κ2) is 4.48. The van der Waals surface area contributed by atoms with Gasteiger partial charge in [0, 0.05) is 11.1 Å². The normalized spacial score (nSPS) is 24.7. The molecule has 0 saturated heterocycles. The van der Waals surface area contributed by atoms with Gasteiger partial charge in [-0.05, 0) is 19.4 Å². The van der Waals surface area contributed by atoms with E-state index in [-0.39, 0.29) is 11.1 Å². The molecule has 0 heterocycles. The van der Waals surface area contributed by atoms with Crippen molar-refractivity contribution in [3.63, 3.8) is 0 Å². The smallest absolute Gasteiger partial charge is 0.195 e. The van der Waals surface area contributed by atoms with Crippen molar-refractivity contribution in [1.82, 2.24) is 0 Å². The first kappa shape index (κ1) is 12.7. The fourth-order valence-corrected chi connectivity index (χ4v) is 2.04.